The number of hydrogen-bond donors (Lipinski definition) is 4. The molecule has 0 bridgehead atoms. The van der Waals surface area contributed by atoms with E-state index >= 15 is 0 Å². The van der Waals surface area contributed by atoms with Gasteiger partial charge in [-0.15, -0.1) is 0 Å². The Morgan fingerprint density at radius 3 is 2.59 bits per heavy atom. The van der Waals surface area contributed by atoms with E-state index < -0.39 is 52.4 Å². The predicted molar refractivity (Wildman–Crippen MR) is 119 cm³/mol. The van der Waals surface area contributed by atoms with E-state index in [-0.39, 0.29) is 18.9 Å². The molecule has 0 radical (unpaired) electrons. The molecule has 0 fully saturated rings. The highest BCUT2D eigenvalue weighted by molar-refractivity contribution is 14.1. The van der Waals surface area contributed by atoms with Gasteiger partial charge in [0.2, 0.25) is 0 Å². The fourth-order valence-electron chi connectivity index (χ4n) is 2.27. The van der Waals surface area contributed by atoms with E-state index in [1.807, 2.05) is 28.1 Å². The molecule has 0 spiro atoms. The van der Waals surface area contributed by atoms with Gasteiger partial charge in [-0.25, -0.2) is 18.7 Å². The molecule has 4 N–H and O–H groups in total. The molecule has 0 aromatic heterocycles. The molecule has 12 heteroatoms. The molecule has 32 heavy (non-hydrogen) atoms. The third-order valence-electron chi connectivity index (χ3n) is 3.71. The second-order valence-corrected chi connectivity index (χ2v) is 8.33. The molecule has 1 amide bonds. The first-order valence-electron chi connectivity index (χ1n) is 9.18. The first kappa shape index (κ1) is 25.8. The van der Waals surface area contributed by atoms with Gasteiger partial charge in [0.1, 0.15) is 12.4 Å². The van der Waals surface area contributed by atoms with Crippen molar-refractivity contribution in [1.29, 1.82) is 0 Å². The van der Waals surface area contributed by atoms with Crippen molar-refractivity contribution in [2.75, 3.05) is 25.1 Å². The number of aliphatic hydroxyl groups excluding tert-OH is 1. The van der Waals surface area contributed by atoms with Gasteiger partial charge in [-0.1, -0.05) is 5.16 Å². The lowest BCUT2D eigenvalue weighted by Gasteiger charge is -2.16. The predicted octanol–water partition coefficient (Wildman–Crippen LogP) is 3.23. The number of rotatable bonds is 10. The lowest BCUT2D eigenvalue weighted by molar-refractivity contribution is -0.0185. The first-order valence-corrected chi connectivity index (χ1v) is 10.3. The van der Waals surface area contributed by atoms with Crippen LogP contribution in [0.5, 0.6) is 0 Å². The van der Waals surface area contributed by atoms with Gasteiger partial charge in [0.15, 0.2) is 11.6 Å². The largest absolute Gasteiger partial charge is 0.394 e. The maximum absolute atomic E-state index is 14.9. The zero-order valence-corrected chi connectivity index (χ0v) is 19.2. The van der Waals surface area contributed by atoms with Crippen LogP contribution in [0.1, 0.15) is 29.8 Å². The van der Waals surface area contributed by atoms with Gasteiger partial charge in [0, 0.05) is 9.13 Å². The van der Waals surface area contributed by atoms with Gasteiger partial charge >= 0.3 is 0 Å². The summed E-state index contributed by atoms with van der Waals surface area (Å²) in [5.41, 5.74) is -0.928. The SMILES string of the molecule is CC(C)(O)CO/N=C/c1cc(C(=O)NOCCO)c(Nc2ccc(I)cc2F)c(F)c1F. The summed E-state index contributed by atoms with van der Waals surface area (Å²) in [6, 6.07) is 4.96. The number of amides is 1. The number of nitrogens with one attached hydrogen (secondary N) is 2. The van der Waals surface area contributed by atoms with Crippen LogP contribution in [0.2, 0.25) is 0 Å². The average Bonchev–Trinajstić information content (AvgIpc) is 2.71. The minimum atomic E-state index is -1.47. The minimum absolute atomic E-state index is 0.191. The molecule has 2 aromatic rings. The summed E-state index contributed by atoms with van der Waals surface area (Å²) < 4.78 is 44.4. The molecule has 0 unspecified atom stereocenters. The lowest BCUT2D eigenvalue weighted by atomic mass is 10.1. The van der Waals surface area contributed by atoms with E-state index in [0.29, 0.717) is 3.57 Å². The third kappa shape index (κ3) is 7.32. The highest BCUT2D eigenvalue weighted by Crippen LogP contribution is 2.30. The summed E-state index contributed by atoms with van der Waals surface area (Å²) in [7, 11) is 0. The topological polar surface area (TPSA) is 112 Å². The van der Waals surface area contributed by atoms with E-state index in [9.17, 15) is 23.1 Å². The molecule has 2 rings (SSSR count). The monoisotopic (exact) mass is 567 g/mol. The molecule has 0 saturated carbocycles. The maximum Gasteiger partial charge on any atom is 0.277 e. The summed E-state index contributed by atoms with van der Waals surface area (Å²) >= 11 is 1.88. The Bertz CT molecular complexity index is 999. The van der Waals surface area contributed by atoms with E-state index in [2.05, 4.69) is 10.5 Å². The van der Waals surface area contributed by atoms with Crippen molar-refractivity contribution in [1.82, 2.24) is 5.48 Å². The Morgan fingerprint density at radius 1 is 1.25 bits per heavy atom. The third-order valence-corrected chi connectivity index (χ3v) is 4.38. The van der Waals surface area contributed by atoms with Gasteiger partial charge in [-0.3, -0.25) is 9.63 Å². The Morgan fingerprint density at radius 2 is 1.97 bits per heavy atom. The van der Waals surface area contributed by atoms with Gasteiger partial charge in [-0.05, 0) is 60.7 Å². The quantitative estimate of drug-likeness (QED) is 0.152. The zero-order chi connectivity index (χ0) is 23.9. The molecular weight excluding hydrogens is 546 g/mol. The first-order chi connectivity index (χ1) is 15.0. The van der Waals surface area contributed by atoms with Crippen LogP contribution >= 0.6 is 22.6 Å². The molecule has 0 aliphatic heterocycles. The van der Waals surface area contributed by atoms with E-state index in [4.69, 9.17) is 14.8 Å². The van der Waals surface area contributed by atoms with Crippen molar-refractivity contribution >= 4 is 46.1 Å². The molecule has 0 heterocycles. The van der Waals surface area contributed by atoms with Crippen molar-refractivity contribution in [2.24, 2.45) is 5.16 Å². The van der Waals surface area contributed by atoms with Crippen LogP contribution in [-0.2, 0) is 9.68 Å². The number of aliphatic hydroxyl groups is 2. The number of hydroxylamine groups is 1. The summed E-state index contributed by atoms with van der Waals surface area (Å²) in [4.78, 5) is 22.1. The Labute approximate surface area is 195 Å². The summed E-state index contributed by atoms with van der Waals surface area (Å²) in [6.07, 6.45) is 0.824. The minimum Gasteiger partial charge on any atom is -0.394 e. The van der Waals surface area contributed by atoms with Gasteiger partial charge in [0.25, 0.3) is 5.91 Å². The summed E-state index contributed by atoms with van der Waals surface area (Å²) in [6.45, 7) is 2.06. The fraction of sp³-hybridized carbons (Fsp3) is 0.300. The highest BCUT2D eigenvalue weighted by Gasteiger charge is 2.23. The molecule has 2 aromatic carbocycles. The van der Waals surface area contributed by atoms with Crippen LogP contribution in [0.3, 0.4) is 0 Å². The number of carbonyl (C=O) groups is 1. The van der Waals surface area contributed by atoms with Crippen LogP contribution in [0.4, 0.5) is 24.5 Å². The second kappa shape index (κ2) is 11.4. The standard InChI is InChI=1S/C20H21F3IN3O5/c1-20(2,30)10-32-25-9-11-7-13(19(29)27-31-6-5-28)18(17(23)16(11)22)26-15-4-3-12(24)8-14(15)21/h3-4,7-9,26,28,30H,5-6,10H2,1-2H3,(H,27,29)/b25-9+. The van der Waals surface area contributed by atoms with Crippen molar-refractivity contribution in [3.8, 4) is 0 Å². The number of benzene rings is 2. The normalized spacial score (nSPS) is 11.6. The average molecular weight is 567 g/mol. The number of carbonyl (C=O) groups excluding carboxylic acids is 1. The van der Waals surface area contributed by atoms with Crippen LogP contribution in [0, 0.1) is 21.0 Å². The second-order valence-electron chi connectivity index (χ2n) is 7.09. The smallest absolute Gasteiger partial charge is 0.277 e. The fourth-order valence-corrected chi connectivity index (χ4v) is 2.73. The molecule has 0 aliphatic rings. The number of anilines is 2. The Balaban J connectivity index is 2.45. The molecule has 0 aliphatic carbocycles. The van der Waals surface area contributed by atoms with Crippen LogP contribution in [-0.4, -0.2) is 47.8 Å². The number of hydrogen-bond acceptors (Lipinski definition) is 7. The van der Waals surface area contributed by atoms with E-state index in [0.717, 1.165) is 12.3 Å². The van der Waals surface area contributed by atoms with Gasteiger partial charge in [0.05, 0.1) is 42.0 Å². The van der Waals surface area contributed by atoms with Crippen molar-refractivity contribution in [3.05, 3.63) is 56.4 Å². The summed E-state index contributed by atoms with van der Waals surface area (Å²) in [5, 5.41) is 24.2. The van der Waals surface area contributed by atoms with Crippen LogP contribution < -0.4 is 10.8 Å². The van der Waals surface area contributed by atoms with Crippen molar-refractivity contribution in [2.45, 2.75) is 19.4 Å². The molecule has 8 nitrogen and oxygen atoms in total. The summed E-state index contributed by atoms with van der Waals surface area (Å²) in [5.74, 6) is -4.58. The van der Waals surface area contributed by atoms with Crippen molar-refractivity contribution < 1.29 is 37.9 Å². The highest BCUT2D eigenvalue weighted by atomic mass is 127. The van der Waals surface area contributed by atoms with E-state index in [1.165, 1.54) is 32.0 Å². The van der Waals surface area contributed by atoms with Crippen LogP contribution in [0.25, 0.3) is 0 Å². The van der Waals surface area contributed by atoms with Gasteiger partial charge < -0.3 is 20.4 Å². The number of oxime groups is 1. The van der Waals surface area contributed by atoms with Gasteiger partial charge in [-0.2, -0.15) is 0 Å². The zero-order valence-electron chi connectivity index (χ0n) is 17.1. The maximum atomic E-state index is 14.9. The van der Waals surface area contributed by atoms with Crippen LogP contribution in [0.15, 0.2) is 29.4 Å². The molecule has 0 atom stereocenters. The molecular formula is C20H21F3IN3O5. The Kier molecular flexibility index (Phi) is 9.24. The number of nitrogens with zero attached hydrogens (tertiary/aromatic N) is 1. The van der Waals surface area contributed by atoms with E-state index in [1.54, 1.807) is 0 Å². The molecule has 174 valence electrons. The van der Waals surface area contributed by atoms with Crippen molar-refractivity contribution in [3.63, 3.8) is 0 Å². The number of halogens is 4. The molecule has 0 saturated heterocycles. The Hall–Kier alpha value is -2.42. The lowest BCUT2D eigenvalue weighted by Crippen LogP contribution is -2.26.